The van der Waals surface area contributed by atoms with Crippen molar-refractivity contribution in [3.05, 3.63) is 53.3 Å². The molecule has 1 heterocycles. The molecule has 0 fully saturated rings. The summed E-state index contributed by atoms with van der Waals surface area (Å²) in [5.41, 5.74) is 8.68. The van der Waals surface area contributed by atoms with Crippen LogP contribution in [0.15, 0.2) is 42.7 Å². The molecule has 3 heteroatoms. The second kappa shape index (κ2) is 4.43. The number of aromatic nitrogens is 1. The van der Waals surface area contributed by atoms with Crippen molar-refractivity contribution in [3.8, 4) is 11.1 Å². The van der Waals surface area contributed by atoms with Crippen molar-refractivity contribution in [3.63, 3.8) is 0 Å². The standard InChI is InChI=1S/C12H11ClN2/c13-12-3-1-2-10(5-12)11-4-9(6-14)7-15-8-11/h1-5,7-8H,6,14H2. The molecule has 0 atom stereocenters. The first-order valence-corrected chi connectivity index (χ1v) is 5.07. The number of nitrogens with zero attached hydrogens (tertiary/aromatic N) is 1. The Morgan fingerprint density at radius 1 is 1.13 bits per heavy atom. The monoisotopic (exact) mass is 218 g/mol. The van der Waals surface area contributed by atoms with Gasteiger partial charge in [0.05, 0.1) is 0 Å². The van der Waals surface area contributed by atoms with Crippen molar-refractivity contribution in [1.29, 1.82) is 0 Å². The quantitative estimate of drug-likeness (QED) is 0.842. The Balaban J connectivity index is 2.44. The van der Waals surface area contributed by atoms with E-state index in [1.54, 1.807) is 6.20 Å². The van der Waals surface area contributed by atoms with Crippen molar-refractivity contribution in [1.82, 2.24) is 4.98 Å². The molecule has 2 aromatic rings. The molecule has 15 heavy (non-hydrogen) atoms. The highest BCUT2D eigenvalue weighted by atomic mass is 35.5. The van der Waals surface area contributed by atoms with Crippen LogP contribution in [0.1, 0.15) is 5.56 Å². The highest BCUT2D eigenvalue weighted by Crippen LogP contribution is 2.22. The van der Waals surface area contributed by atoms with E-state index in [-0.39, 0.29) is 0 Å². The van der Waals surface area contributed by atoms with E-state index in [1.165, 1.54) is 0 Å². The molecule has 0 saturated heterocycles. The Bertz CT molecular complexity index is 469. The molecule has 0 aliphatic heterocycles. The van der Waals surface area contributed by atoms with Gasteiger partial charge in [-0.25, -0.2) is 0 Å². The molecule has 2 N–H and O–H groups in total. The summed E-state index contributed by atoms with van der Waals surface area (Å²) in [6, 6.07) is 9.72. The molecule has 2 rings (SSSR count). The average molecular weight is 219 g/mol. The van der Waals surface area contributed by atoms with Crippen molar-refractivity contribution < 1.29 is 0 Å². The van der Waals surface area contributed by atoms with Crippen LogP contribution in [0.5, 0.6) is 0 Å². The molecule has 0 radical (unpaired) electrons. The van der Waals surface area contributed by atoms with E-state index in [2.05, 4.69) is 4.98 Å². The van der Waals surface area contributed by atoms with Crippen molar-refractivity contribution in [2.45, 2.75) is 6.54 Å². The molecule has 2 nitrogen and oxygen atoms in total. The number of rotatable bonds is 2. The van der Waals surface area contributed by atoms with Crippen LogP contribution in [0.3, 0.4) is 0 Å². The first-order valence-electron chi connectivity index (χ1n) is 4.69. The van der Waals surface area contributed by atoms with E-state index in [9.17, 15) is 0 Å². The number of pyridine rings is 1. The van der Waals surface area contributed by atoms with Gasteiger partial charge >= 0.3 is 0 Å². The van der Waals surface area contributed by atoms with Crippen LogP contribution < -0.4 is 5.73 Å². The topological polar surface area (TPSA) is 38.9 Å². The number of hydrogen-bond acceptors (Lipinski definition) is 2. The van der Waals surface area contributed by atoms with Crippen molar-refractivity contribution in [2.24, 2.45) is 5.73 Å². The van der Waals surface area contributed by atoms with Gasteiger partial charge in [0.15, 0.2) is 0 Å². The Morgan fingerprint density at radius 3 is 2.73 bits per heavy atom. The lowest BCUT2D eigenvalue weighted by atomic mass is 10.1. The first-order chi connectivity index (χ1) is 7.29. The molecular weight excluding hydrogens is 208 g/mol. The van der Waals surface area contributed by atoms with Crippen LogP contribution in [-0.2, 0) is 6.54 Å². The molecule has 0 bridgehead atoms. The van der Waals surface area contributed by atoms with Gasteiger partial charge in [-0.1, -0.05) is 23.7 Å². The van der Waals surface area contributed by atoms with Gasteiger partial charge in [-0.3, -0.25) is 4.98 Å². The van der Waals surface area contributed by atoms with Gasteiger partial charge in [-0.05, 0) is 29.3 Å². The zero-order chi connectivity index (χ0) is 10.7. The smallest absolute Gasteiger partial charge is 0.0412 e. The maximum absolute atomic E-state index is 5.92. The lowest BCUT2D eigenvalue weighted by Gasteiger charge is -2.03. The van der Waals surface area contributed by atoms with Crippen LogP contribution in [0.2, 0.25) is 5.02 Å². The average Bonchev–Trinajstić information content (AvgIpc) is 2.29. The summed E-state index contributed by atoms with van der Waals surface area (Å²) in [5.74, 6) is 0. The van der Waals surface area contributed by atoms with E-state index < -0.39 is 0 Å². The Hall–Kier alpha value is -1.38. The Morgan fingerprint density at radius 2 is 2.00 bits per heavy atom. The predicted molar refractivity (Wildman–Crippen MR) is 62.6 cm³/mol. The van der Waals surface area contributed by atoms with Crippen LogP contribution in [0.25, 0.3) is 11.1 Å². The fraction of sp³-hybridized carbons (Fsp3) is 0.0833. The van der Waals surface area contributed by atoms with Gasteiger partial charge in [0.1, 0.15) is 0 Å². The number of benzene rings is 1. The van der Waals surface area contributed by atoms with Gasteiger partial charge in [-0.15, -0.1) is 0 Å². The number of nitrogens with two attached hydrogens (primary N) is 1. The summed E-state index contributed by atoms with van der Waals surface area (Å²) < 4.78 is 0. The van der Waals surface area contributed by atoms with Crippen molar-refractivity contribution in [2.75, 3.05) is 0 Å². The molecule has 0 aliphatic rings. The van der Waals surface area contributed by atoms with E-state index in [0.29, 0.717) is 6.54 Å². The zero-order valence-electron chi connectivity index (χ0n) is 8.15. The van der Waals surface area contributed by atoms with Crippen LogP contribution in [-0.4, -0.2) is 4.98 Å². The minimum Gasteiger partial charge on any atom is -0.326 e. The molecule has 1 aromatic heterocycles. The molecule has 76 valence electrons. The number of halogens is 1. The highest BCUT2D eigenvalue weighted by Gasteiger charge is 1.99. The number of hydrogen-bond donors (Lipinski definition) is 1. The predicted octanol–water partition coefficient (Wildman–Crippen LogP) is 2.86. The van der Waals surface area contributed by atoms with E-state index in [4.69, 9.17) is 17.3 Å². The third-order valence-electron chi connectivity index (χ3n) is 2.19. The maximum Gasteiger partial charge on any atom is 0.0412 e. The minimum absolute atomic E-state index is 0.501. The van der Waals surface area contributed by atoms with E-state index >= 15 is 0 Å². The van der Waals surface area contributed by atoms with E-state index in [0.717, 1.165) is 21.7 Å². The lowest BCUT2D eigenvalue weighted by molar-refractivity contribution is 1.05. The molecular formula is C12H11ClN2. The summed E-state index contributed by atoms with van der Waals surface area (Å²) in [7, 11) is 0. The Kier molecular flexibility index (Phi) is 2.99. The molecule has 0 aliphatic carbocycles. The minimum atomic E-state index is 0.501. The normalized spacial score (nSPS) is 10.3. The summed E-state index contributed by atoms with van der Waals surface area (Å²) >= 11 is 5.92. The summed E-state index contributed by atoms with van der Waals surface area (Å²) in [5, 5.41) is 0.727. The fourth-order valence-corrected chi connectivity index (χ4v) is 1.62. The van der Waals surface area contributed by atoms with E-state index in [1.807, 2.05) is 36.5 Å². The van der Waals surface area contributed by atoms with Gasteiger partial charge in [0, 0.05) is 29.5 Å². The third kappa shape index (κ3) is 2.35. The zero-order valence-corrected chi connectivity index (χ0v) is 8.91. The van der Waals surface area contributed by atoms with Crippen molar-refractivity contribution >= 4 is 11.6 Å². The summed E-state index contributed by atoms with van der Waals surface area (Å²) in [6.45, 7) is 0.501. The lowest BCUT2D eigenvalue weighted by Crippen LogP contribution is -1.96. The molecule has 0 amide bonds. The second-order valence-corrected chi connectivity index (χ2v) is 3.73. The summed E-state index contributed by atoms with van der Waals surface area (Å²) in [6.07, 6.45) is 3.58. The second-order valence-electron chi connectivity index (χ2n) is 3.30. The van der Waals surface area contributed by atoms with Gasteiger partial charge in [0.2, 0.25) is 0 Å². The SMILES string of the molecule is NCc1cncc(-c2cccc(Cl)c2)c1. The highest BCUT2D eigenvalue weighted by molar-refractivity contribution is 6.30. The third-order valence-corrected chi connectivity index (χ3v) is 2.42. The molecule has 1 aromatic carbocycles. The van der Waals surface area contributed by atoms with Crippen LogP contribution in [0.4, 0.5) is 0 Å². The fourth-order valence-electron chi connectivity index (χ4n) is 1.43. The van der Waals surface area contributed by atoms with Gasteiger partial charge in [-0.2, -0.15) is 0 Å². The molecule has 0 saturated carbocycles. The Labute approximate surface area is 93.7 Å². The largest absolute Gasteiger partial charge is 0.326 e. The maximum atomic E-state index is 5.92. The molecule has 0 unspecified atom stereocenters. The first kappa shape index (κ1) is 10.1. The van der Waals surface area contributed by atoms with Crippen LogP contribution in [0, 0.1) is 0 Å². The van der Waals surface area contributed by atoms with Gasteiger partial charge in [0.25, 0.3) is 0 Å². The van der Waals surface area contributed by atoms with Crippen LogP contribution >= 0.6 is 11.6 Å². The van der Waals surface area contributed by atoms with Gasteiger partial charge < -0.3 is 5.73 Å². The summed E-state index contributed by atoms with van der Waals surface area (Å²) in [4.78, 5) is 4.14. The molecule has 0 spiro atoms.